The van der Waals surface area contributed by atoms with E-state index in [4.69, 9.17) is 4.74 Å². The van der Waals surface area contributed by atoms with E-state index in [0.717, 1.165) is 19.1 Å². The second kappa shape index (κ2) is 9.33. The van der Waals surface area contributed by atoms with Crippen LogP contribution in [-0.2, 0) is 19.6 Å². The van der Waals surface area contributed by atoms with E-state index < -0.39 is 46.5 Å². The maximum atomic E-state index is 13.7. The monoisotopic (exact) mass is 462 g/mol. The number of alkyl halides is 3. The number of benzene rings is 2. The zero-order valence-corrected chi connectivity index (χ0v) is 17.1. The number of sulfonamides is 1. The van der Waals surface area contributed by atoms with Crippen molar-refractivity contribution in [3.8, 4) is 0 Å². The Kier molecular flexibility index (Phi) is 7.26. The fourth-order valence-electron chi connectivity index (χ4n) is 2.28. The van der Waals surface area contributed by atoms with Gasteiger partial charge in [0, 0.05) is 5.69 Å². The molecule has 0 aliphatic heterocycles. The Morgan fingerprint density at radius 2 is 1.81 bits per heavy atom. The van der Waals surface area contributed by atoms with Gasteiger partial charge in [0.1, 0.15) is 12.4 Å². The first-order valence-corrected chi connectivity index (χ1v) is 10.2. The fourth-order valence-corrected chi connectivity index (χ4v) is 3.34. The number of hydrogen-bond donors (Lipinski definition) is 2. The SMILES string of the molecule is Cc1ccc(S(=O)(=O)Nc2cccc(C(=O)O[C@H](C)C(=O)NCC(F)(F)F)c2)cc1F. The lowest BCUT2D eigenvalue weighted by molar-refractivity contribution is -0.143. The molecule has 168 valence electrons. The molecular weight excluding hydrogens is 444 g/mol. The maximum absolute atomic E-state index is 13.7. The third-order valence-electron chi connectivity index (χ3n) is 3.92. The van der Waals surface area contributed by atoms with Gasteiger partial charge in [0.25, 0.3) is 15.9 Å². The number of nitrogens with one attached hydrogen (secondary N) is 2. The Bertz CT molecular complexity index is 1090. The first-order valence-electron chi connectivity index (χ1n) is 8.73. The highest BCUT2D eigenvalue weighted by atomic mass is 32.2. The van der Waals surface area contributed by atoms with E-state index in [0.29, 0.717) is 0 Å². The second-order valence-corrected chi connectivity index (χ2v) is 8.16. The normalized spacial score (nSPS) is 12.7. The summed E-state index contributed by atoms with van der Waals surface area (Å²) in [6, 6.07) is 8.34. The molecule has 2 aromatic rings. The summed E-state index contributed by atoms with van der Waals surface area (Å²) in [7, 11) is -4.17. The Balaban J connectivity index is 2.09. The van der Waals surface area contributed by atoms with Gasteiger partial charge < -0.3 is 10.1 Å². The van der Waals surface area contributed by atoms with Crippen LogP contribution in [0.1, 0.15) is 22.8 Å². The largest absolute Gasteiger partial charge is 0.449 e. The van der Waals surface area contributed by atoms with Gasteiger partial charge in [0.2, 0.25) is 0 Å². The molecule has 0 bridgehead atoms. The highest BCUT2D eigenvalue weighted by Gasteiger charge is 2.29. The van der Waals surface area contributed by atoms with Crippen LogP contribution >= 0.6 is 0 Å². The number of carbonyl (C=O) groups is 2. The zero-order valence-electron chi connectivity index (χ0n) is 16.3. The van der Waals surface area contributed by atoms with E-state index in [2.05, 4.69) is 4.72 Å². The van der Waals surface area contributed by atoms with Crippen LogP contribution in [0, 0.1) is 12.7 Å². The van der Waals surface area contributed by atoms with Crippen LogP contribution in [0.5, 0.6) is 0 Å². The molecular formula is C19H18F4N2O5S. The standard InChI is InChI=1S/C19H18F4N2O5S/c1-11-6-7-15(9-16(11)20)31(28,29)25-14-5-3-4-13(8-14)18(27)30-12(2)17(26)24-10-19(21,22)23/h3-9,12,25H,10H2,1-2H3,(H,24,26)/t12-/m1/s1. The molecule has 31 heavy (non-hydrogen) atoms. The molecule has 1 atom stereocenters. The van der Waals surface area contributed by atoms with E-state index in [1.54, 1.807) is 5.32 Å². The van der Waals surface area contributed by atoms with Crippen LogP contribution in [0.15, 0.2) is 47.4 Å². The van der Waals surface area contributed by atoms with Crippen molar-refractivity contribution in [1.29, 1.82) is 0 Å². The molecule has 2 rings (SSSR count). The summed E-state index contributed by atoms with van der Waals surface area (Å²) in [4.78, 5) is 23.5. The van der Waals surface area contributed by atoms with E-state index in [1.165, 1.54) is 37.3 Å². The van der Waals surface area contributed by atoms with Crippen molar-refractivity contribution in [3.05, 3.63) is 59.4 Å². The number of amides is 1. The summed E-state index contributed by atoms with van der Waals surface area (Å²) in [5, 5.41) is 1.58. The average Bonchev–Trinajstić information content (AvgIpc) is 2.67. The van der Waals surface area contributed by atoms with Gasteiger partial charge in [-0.05, 0) is 49.7 Å². The fraction of sp³-hybridized carbons (Fsp3) is 0.263. The summed E-state index contributed by atoms with van der Waals surface area (Å²) in [5.41, 5.74) is 0.0486. The molecule has 12 heteroatoms. The zero-order chi connectivity index (χ0) is 23.4. The predicted molar refractivity (Wildman–Crippen MR) is 102 cm³/mol. The van der Waals surface area contributed by atoms with Crippen molar-refractivity contribution in [1.82, 2.24) is 5.32 Å². The summed E-state index contributed by atoms with van der Waals surface area (Å²) < 4.78 is 82.0. The van der Waals surface area contributed by atoms with Gasteiger partial charge in [-0.15, -0.1) is 0 Å². The number of esters is 1. The van der Waals surface area contributed by atoms with E-state index in [1.807, 2.05) is 0 Å². The van der Waals surface area contributed by atoms with Crippen LogP contribution in [-0.4, -0.2) is 39.1 Å². The molecule has 0 spiro atoms. The molecule has 0 radical (unpaired) electrons. The van der Waals surface area contributed by atoms with Gasteiger partial charge in [-0.3, -0.25) is 9.52 Å². The second-order valence-electron chi connectivity index (χ2n) is 6.48. The minimum atomic E-state index is -4.62. The number of halogens is 4. The molecule has 0 saturated carbocycles. The first kappa shape index (κ1) is 24.1. The highest BCUT2D eigenvalue weighted by Crippen LogP contribution is 2.20. The topological polar surface area (TPSA) is 102 Å². The van der Waals surface area contributed by atoms with Gasteiger partial charge in [0.05, 0.1) is 10.5 Å². The molecule has 0 saturated heterocycles. The molecule has 0 aliphatic carbocycles. The van der Waals surface area contributed by atoms with Crippen molar-refractivity contribution in [2.75, 3.05) is 11.3 Å². The Hall–Kier alpha value is -3.15. The van der Waals surface area contributed by atoms with Crippen molar-refractivity contribution < 1.29 is 40.3 Å². The summed E-state index contributed by atoms with van der Waals surface area (Å²) in [5.74, 6) is -2.92. The molecule has 0 aliphatic rings. The van der Waals surface area contributed by atoms with Crippen LogP contribution in [0.25, 0.3) is 0 Å². The molecule has 0 heterocycles. The number of aryl methyl sites for hydroxylation is 1. The maximum Gasteiger partial charge on any atom is 0.405 e. The molecule has 0 unspecified atom stereocenters. The molecule has 2 N–H and O–H groups in total. The number of ether oxygens (including phenoxy) is 1. The van der Waals surface area contributed by atoms with Gasteiger partial charge in [-0.2, -0.15) is 13.2 Å². The number of anilines is 1. The highest BCUT2D eigenvalue weighted by molar-refractivity contribution is 7.92. The predicted octanol–water partition coefficient (Wildman–Crippen LogP) is 3.16. The minimum absolute atomic E-state index is 0.0513. The van der Waals surface area contributed by atoms with Crippen molar-refractivity contribution >= 4 is 27.6 Å². The van der Waals surface area contributed by atoms with Crippen molar-refractivity contribution in [2.24, 2.45) is 0 Å². The third kappa shape index (κ3) is 6.95. The van der Waals surface area contributed by atoms with E-state index in [-0.39, 0.29) is 21.7 Å². The summed E-state index contributed by atoms with van der Waals surface area (Å²) in [6.45, 7) is 0.978. The first-order chi connectivity index (χ1) is 14.3. The lowest BCUT2D eigenvalue weighted by Gasteiger charge is -2.15. The minimum Gasteiger partial charge on any atom is -0.449 e. The van der Waals surface area contributed by atoms with E-state index >= 15 is 0 Å². The molecule has 2 aromatic carbocycles. The molecule has 0 fully saturated rings. The quantitative estimate of drug-likeness (QED) is 0.486. The number of hydrogen-bond acceptors (Lipinski definition) is 5. The lowest BCUT2D eigenvalue weighted by atomic mass is 10.2. The van der Waals surface area contributed by atoms with Crippen LogP contribution in [0.4, 0.5) is 23.2 Å². The van der Waals surface area contributed by atoms with E-state index in [9.17, 15) is 35.6 Å². The van der Waals surface area contributed by atoms with Crippen LogP contribution < -0.4 is 10.0 Å². The molecule has 0 aromatic heterocycles. The third-order valence-corrected chi connectivity index (χ3v) is 5.30. The Labute approximate surface area is 175 Å². The average molecular weight is 462 g/mol. The van der Waals surface area contributed by atoms with Gasteiger partial charge in [-0.25, -0.2) is 17.6 Å². The van der Waals surface area contributed by atoms with Gasteiger partial charge in [0.15, 0.2) is 6.10 Å². The smallest absolute Gasteiger partial charge is 0.405 e. The lowest BCUT2D eigenvalue weighted by Crippen LogP contribution is -2.40. The number of rotatable bonds is 7. The summed E-state index contributed by atoms with van der Waals surface area (Å²) >= 11 is 0. The number of carbonyl (C=O) groups excluding carboxylic acids is 2. The van der Waals surface area contributed by atoms with Crippen molar-refractivity contribution in [3.63, 3.8) is 0 Å². The van der Waals surface area contributed by atoms with Crippen LogP contribution in [0.2, 0.25) is 0 Å². The van der Waals surface area contributed by atoms with Crippen LogP contribution in [0.3, 0.4) is 0 Å². The molecule has 1 amide bonds. The molecule has 7 nitrogen and oxygen atoms in total. The van der Waals surface area contributed by atoms with Gasteiger partial charge >= 0.3 is 12.1 Å². The summed E-state index contributed by atoms with van der Waals surface area (Å²) in [6.07, 6.45) is -6.14. The Morgan fingerprint density at radius 1 is 1.13 bits per heavy atom. The Morgan fingerprint density at radius 3 is 2.42 bits per heavy atom. The van der Waals surface area contributed by atoms with Crippen molar-refractivity contribution in [2.45, 2.75) is 31.0 Å². The van der Waals surface area contributed by atoms with Gasteiger partial charge in [-0.1, -0.05) is 12.1 Å².